The van der Waals surface area contributed by atoms with Gasteiger partial charge in [-0.25, -0.2) is 8.78 Å². The summed E-state index contributed by atoms with van der Waals surface area (Å²) in [6.07, 6.45) is -0.558. The van der Waals surface area contributed by atoms with E-state index in [9.17, 15) is 14.0 Å². The van der Waals surface area contributed by atoms with E-state index in [-0.39, 0.29) is 5.56 Å². The minimum absolute atomic E-state index is 0.252. The van der Waals surface area contributed by atoms with Crippen LogP contribution in [0.25, 0.3) is 0 Å². The maximum atomic E-state index is 11.8. The Morgan fingerprint density at radius 1 is 1.50 bits per heavy atom. The highest BCUT2D eigenvalue weighted by Gasteiger charge is 2.08. The molecule has 1 heterocycles. The minimum Gasteiger partial charge on any atom is -0.619 e. The lowest BCUT2D eigenvalue weighted by Gasteiger charge is -1.97. The van der Waals surface area contributed by atoms with E-state index in [0.717, 1.165) is 12.4 Å². The Labute approximate surface area is 56.3 Å². The summed E-state index contributed by atoms with van der Waals surface area (Å²) in [5, 5.41) is 10.4. The monoisotopic (exact) mass is 145 g/mol. The average Bonchev–Trinajstić information content (AvgIpc) is 1.88. The first-order valence-electron chi connectivity index (χ1n) is 2.67. The van der Waals surface area contributed by atoms with Gasteiger partial charge in [-0.15, -0.1) is 0 Å². The van der Waals surface area contributed by atoms with Crippen LogP contribution < -0.4 is 4.73 Å². The van der Waals surface area contributed by atoms with Gasteiger partial charge in [0.25, 0.3) is 6.43 Å². The van der Waals surface area contributed by atoms with Crippen molar-refractivity contribution in [1.82, 2.24) is 0 Å². The van der Waals surface area contributed by atoms with Crippen molar-refractivity contribution < 1.29 is 13.5 Å². The molecule has 0 fully saturated rings. The fourth-order valence-corrected chi connectivity index (χ4v) is 0.601. The Bertz CT molecular complexity index is 227. The molecule has 0 aliphatic carbocycles. The van der Waals surface area contributed by atoms with Gasteiger partial charge in [0.1, 0.15) is 0 Å². The number of aromatic nitrogens is 1. The number of pyridine rings is 1. The predicted octanol–water partition coefficient (Wildman–Crippen LogP) is 1.26. The molecule has 0 aliphatic heterocycles. The summed E-state index contributed by atoms with van der Waals surface area (Å²) < 4.78 is 23.9. The van der Waals surface area contributed by atoms with Crippen LogP contribution in [0.4, 0.5) is 8.78 Å². The van der Waals surface area contributed by atoms with Crippen molar-refractivity contribution in [2.75, 3.05) is 0 Å². The Morgan fingerprint density at radius 2 is 2.20 bits per heavy atom. The molecule has 0 saturated carbocycles. The smallest absolute Gasteiger partial charge is 0.269 e. The summed E-state index contributed by atoms with van der Waals surface area (Å²) in [6.45, 7) is 0. The second-order valence-electron chi connectivity index (χ2n) is 1.80. The number of hydrogen-bond donors (Lipinski definition) is 0. The Kier molecular flexibility index (Phi) is 1.80. The minimum atomic E-state index is -2.57. The molecule has 0 N–H and O–H groups in total. The molecule has 10 heavy (non-hydrogen) atoms. The van der Waals surface area contributed by atoms with Gasteiger partial charge in [-0.05, 0) is 6.07 Å². The first kappa shape index (κ1) is 6.92. The van der Waals surface area contributed by atoms with E-state index in [0.29, 0.717) is 4.73 Å². The third-order valence-corrected chi connectivity index (χ3v) is 1.05. The predicted molar refractivity (Wildman–Crippen MR) is 30.4 cm³/mol. The molecule has 2 nitrogen and oxygen atoms in total. The Hall–Kier alpha value is -1.19. The highest BCUT2D eigenvalue weighted by molar-refractivity contribution is 5.06. The molecule has 0 atom stereocenters. The van der Waals surface area contributed by atoms with Crippen molar-refractivity contribution in [3.63, 3.8) is 0 Å². The molecule has 1 rings (SSSR count). The average molecular weight is 145 g/mol. The summed E-state index contributed by atoms with van der Waals surface area (Å²) in [5.41, 5.74) is -0.252. The molecule has 0 spiro atoms. The van der Waals surface area contributed by atoms with Gasteiger partial charge in [0.05, 0.1) is 5.56 Å². The Morgan fingerprint density at radius 3 is 2.60 bits per heavy atom. The third kappa shape index (κ3) is 1.40. The standard InChI is InChI=1S/C6H5F2NO/c7-6(8)5-2-1-3-9(10)4-5/h1-4,6H. The van der Waals surface area contributed by atoms with E-state index < -0.39 is 6.43 Å². The normalized spacial score (nSPS) is 10.3. The van der Waals surface area contributed by atoms with Crippen molar-refractivity contribution in [2.24, 2.45) is 0 Å². The lowest BCUT2D eigenvalue weighted by Crippen LogP contribution is -2.24. The molecule has 0 radical (unpaired) electrons. The van der Waals surface area contributed by atoms with Gasteiger partial charge in [0, 0.05) is 6.07 Å². The van der Waals surface area contributed by atoms with Crippen LogP contribution in [-0.4, -0.2) is 0 Å². The molecule has 54 valence electrons. The summed E-state index contributed by atoms with van der Waals surface area (Å²) >= 11 is 0. The lowest BCUT2D eigenvalue weighted by atomic mass is 10.3. The van der Waals surface area contributed by atoms with Gasteiger partial charge in [-0.1, -0.05) is 0 Å². The maximum absolute atomic E-state index is 11.8. The zero-order valence-electron chi connectivity index (χ0n) is 5.00. The van der Waals surface area contributed by atoms with E-state index in [2.05, 4.69) is 0 Å². The molecular formula is C6H5F2NO. The molecule has 0 aromatic carbocycles. The zero-order valence-corrected chi connectivity index (χ0v) is 5.00. The molecule has 1 aromatic heterocycles. The van der Waals surface area contributed by atoms with E-state index >= 15 is 0 Å². The van der Waals surface area contributed by atoms with Crippen molar-refractivity contribution in [2.45, 2.75) is 6.43 Å². The van der Waals surface area contributed by atoms with E-state index in [1.165, 1.54) is 12.1 Å². The van der Waals surface area contributed by atoms with Gasteiger partial charge < -0.3 is 5.21 Å². The van der Waals surface area contributed by atoms with E-state index in [1.54, 1.807) is 0 Å². The molecule has 0 amide bonds. The fraction of sp³-hybridized carbons (Fsp3) is 0.167. The van der Waals surface area contributed by atoms with E-state index in [4.69, 9.17) is 0 Å². The van der Waals surface area contributed by atoms with Crippen molar-refractivity contribution in [3.05, 3.63) is 35.3 Å². The Balaban J connectivity index is 2.96. The molecule has 0 saturated heterocycles. The van der Waals surface area contributed by atoms with Gasteiger partial charge in [0.2, 0.25) is 0 Å². The highest BCUT2D eigenvalue weighted by atomic mass is 19.3. The van der Waals surface area contributed by atoms with Crippen LogP contribution in [0.1, 0.15) is 12.0 Å². The SMILES string of the molecule is [O-][n+]1cccc(C(F)F)c1. The molecule has 0 bridgehead atoms. The van der Waals surface area contributed by atoms with E-state index in [1.807, 2.05) is 0 Å². The van der Waals surface area contributed by atoms with Gasteiger partial charge in [0.15, 0.2) is 12.4 Å². The van der Waals surface area contributed by atoms with Crippen LogP contribution >= 0.6 is 0 Å². The van der Waals surface area contributed by atoms with Crippen molar-refractivity contribution in [1.29, 1.82) is 0 Å². The number of nitrogens with zero attached hydrogens (tertiary/aromatic N) is 1. The zero-order chi connectivity index (χ0) is 7.56. The van der Waals surface area contributed by atoms with Crippen molar-refractivity contribution in [3.8, 4) is 0 Å². The fourth-order valence-electron chi connectivity index (χ4n) is 0.601. The lowest BCUT2D eigenvalue weighted by molar-refractivity contribution is -0.606. The topological polar surface area (TPSA) is 26.9 Å². The summed E-state index contributed by atoms with van der Waals surface area (Å²) in [6, 6.07) is 2.49. The first-order valence-corrected chi connectivity index (χ1v) is 2.67. The molecular weight excluding hydrogens is 140 g/mol. The van der Waals surface area contributed by atoms with Crippen LogP contribution in [0.5, 0.6) is 0 Å². The highest BCUT2D eigenvalue weighted by Crippen LogP contribution is 2.15. The largest absolute Gasteiger partial charge is 0.619 e. The summed E-state index contributed by atoms with van der Waals surface area (Å²) in [5.74, 6) is 0. The summed E-state index contributed by atoms with van der Waals surface area (Å²) in [7, 11) is 0. The molecule has 4 heteroatoms. The van der Waals surface area contributed by atoms with Crippen LogP contribution in [0, 0.1) is 5.21 Å². The van der Waals surface area contributed by atoms with Crippen molar-refractivity contribution >= 4 is 0 Å². The quantitative estimate of drug-likeness (QED) is 0.431. The second-order valence-corrected chi connectivity index (χ2v) is 1.80. The van der Waals surface area contributed by atoms with Crippen LogP contribution in [-0.2, 0) is 0 Å². The number of alkyl halides is 2. The second kappa shape index (κ2) is 2.60. The van der Waals surface area contributed by atoms with Gasteiger partial charge >= 0.3 is 0 Å². The van der Waals surface area contributed by atoms with Gasteiger partial charge in [-0.3, -0.25) is 0 Å². The van der Waals surface area contributed by atoms with Gasteiger partial charge in [-0.2, -0.15) is 4.73 Å². The summed E-state index contributed by atoms with van der Waals surface area (Å²) in [4.78, 5) is 0. The number of hydrogen-bond acceptors (Lipinski definition) is 1. The van der Waals surface area contributed by atoms with Crippen LogP contribution in [0.2, 0.25) is 0 Å². The number of halogens is 2. The molecule has 0 aliphatic rings. The first-order chi connectivity index (χ1) is 4.70. The van der Waals surface area contributed by atoms with Crippen LogP contribution in [0.15, 0.2) is 24.5 Å². The maximum Gasteiger partial charge on any atom is 0.269 e. The molecule has 1 aromatic rings. The third-order valence-electron chi connectivity index (χ3n) is 1.05. The molecule has 0 unspecified atom stereocenters. The van der Waals surface area contributed by atoms with Crippen LogP contribution in [0.3, 0.4) is 0 Å². The number of rotatable bonds is 1.